The number of amides is 1. The highest BCUT2D eigenvalue weighted by atomic mass is 32.1. The van der Waals surface area contributed by atoms with Crippen LogP contribution in [-0.2, 0) is 16.0 Å². The molecular weight excluding hydrogens is 307 g/mol. The number of hydrogen-bond acceptors (Lipinski definition) is 5. The second-order valence-corrected chi connectivity index (χ2v) is 5.40. The smallest absolute Gasteiger partial charge is 0.311 e. The first-order valence-corrected chi connectivity index (χ1v) is 7.55. The number of anilines is 1. The maximum atomic E-state index is 13.2. The van der Waals surface area contributed by atoms with E-state index in [0.29, 0.717) is 28.6 Å². The van der Waals surface area contributed by atoms with Crippen molar-refractivity contribution in [3.63, 3.8) is 0 Å². The van der Waals surface area contributed by atoms with Crippen molar-refractivity contribution in [3.8, 4) is 0 Å². The molecule has 0 saturated carbocycles. The van der Waals surface area contributed by atoms with E-state index in [1.54, 1.807) is 19.2 Å². The first kappa shape index (κ1) is 16.1. The fraction of sp³-hybridized carbons (Fsp3) is 0.267. The summed E-state index contributed by atoms with van der Waals surface area (Å²) < 4.78 is 18.0. The zero-order chi connectivity index (χ0) is 16.1. The molecule has 0 saturated heterocycles. The summed E-state index contributed by atoms with van der Waals surface area (Å²) in [5.41, 5.74) is 1.28. The van der Waals surface area contributed by atoms with Gasteiger partial charge in [0, 0.05) is 10.9 Å². The van der Waals surface area contributed by atoms with E-state index in [0.717, 1.165) is 0 Å². The molecule has 2 rings (SSSR count). The fourth-order valence-electron chi connectivity index (χ4n) is 1.76. The van der Waals surface area contributed by atoms with Crippen molar-refractivity contribution in [1.29, 1.82) is 0 Å². The van der Waals surface area contributed by atoms with Gasteiger partial charge in [-0.05, 0) is 37.6 Å². The molecule has 1 aromatic heterocycles. The third-order valence-electron chi connectivity index (χ3n) is 2.82. The van der Waals surface area contributed by atoms with Crippen molar-refractivity contribution < 1.29 is 18.7 Å². The van der Waals surface area contributed by atoms with Crippen molar-refractivity contribution in [1.82, 2.24) is 4.98 Å². The van der Waals surface area contributed by atoms with E-state index in [1.165, 1.54) is 29.5 Å². The van der Waals surface area contributed by atoms with Crippen LogP contribution in [0.3, 0.4) is 0 Å². The van der Waals surface area contributed by atoms with Gasteiger partial charge in [-0.25, -0.2) is 9.37 Å². The van der Waals surface area contributed by atoms with E-state index < -0.39 is 0 Å². The second-order valence-electron chi connectivity index (χ2n) is 4.54. The molecule has 5 nitrogen and oxygen atoms in total. The third kappa shape index (κ3) is 4.11. The van der Waals surface area contributed by atoms with Crippen LogP contribution in [0.25, 0.3) is 0 Å². The molecule has 1 N–H and O–H groups in total. The maximum absolute atomic E-state index is 13.2. The van der Waals surface area contributed by atoms with E-state index in [9.17, 15) is 14.0 Å². The average molecular weight is 322 g/mol. The van der Waals surface area contributed by atoms with Gasteiger partial charge in [0.1, 0.15) is 5.82 Å². The molecule has 0 bridgehead atoms. The van der Waals surface area contributed by atoms with Crippen LogP contribution in [-0.4, -0.2) is 23.5 Å². The van der Waals surface area contributed by atoms with Crippen molar-refractivity contribution in [2.24, 2.45) is 0 Å². The lowest BCUT2D eigenvalue weighted by atomic mass is 10.1. The Morgan fingerprint density at radius 3 is 2.86 bits per heavy atom. The zero-order valence-corrected chi connectivity index (χ0v) is 13.0. The van der Waals surface area contributed by atoms with Crippen molar-refractivity contribution >= 4 is 28.3 Å². The minimum atomic E-state index is -0.375. The zero-order valence-electron chi connectivity index (χ0n) is 12.2. The Kier molecular flexibility index (Phi) is 5.21. The predicted octanol–water partition coefficient (Wildman–Crippen LogP) is 2.95. The van der Waals surface area contributed by atoms with Gasteiger partial charge < -0.3 is 4.74 Å². The Morgan fingerprint density at radius 2 is 2.18 bits per heavy atom. The molecule has 116 valence electrons. The molecule has 7 heteroatoms. The number of hydrogen-bond donors (Lipinski definition) is 1. The Bertz CT molecular complexity index is 700. The van der Waals surface area contributed by atoms with Crippen LogP contribution < -0.4 is 5.32 Å². The van der Waals surface area contributed by atoms with Gasteiger partial charge in [-0.1, -0.05) is 0 Å². The molecule has 0 aliphatic carbocycles. The van der Waals surface area contributed by atoms with Crippen LogP contribution >= 0.6 is 11.3 Å². The highest BCUT2D eigenvalue weighted by Gasteiger charge is 2.12. The summed E-state index contributed by atoms with van der Waals surface area (Å²) in [5, 5.41) is 4.69. The van der Waals surface area contributed by atoms with Crippen molar-refractivity contribution in [3.05, 3.63) is 46.2 Å². The van der Waals surface area contributed by atoms with E-state index in [1.807, 2.05) is 0 Å². The number of aromatic nitrogens is 1. The van der Waals surface area contributed by atoms with Crippen molar-refractivity contribution in [2.45, 2.75) is 20.3 Å². The standard InChI is InChI=1S/C15H15FN2O3S/c1-3-21-13(19)7-11-8-22-15(17-11)18-14(20)10-4-5-12(16)9(2)6-10/h4-6,8H,3,7H2,1-2H3,(H,17,18,20). The van der Waals surface area contributed by atoms with Gasteiger partial charge in [-0.2, -0.15) is 0 Å². The molecule has 0 aliphatic rings. The van der Waals surface area contributed by atoms with Gasteiger partial charge in [-0.15, -0.1) is 11.3 Å². The van der Waals surface area contributed by atoms with E-state index in [2.05, 4.69) is 10.3 Å². The molecular formula is C15H15FN2O3S. The number of aryl methyl sites for hydroxylation is 1. The molecule has 2 aromatic rings. The lowest BCUT2D eigenvalue weighted by Gasteiger charge is -2.03. The predicted molar refractivity (Wildman–Crippen MR) is 81.5 cm³/mol. The molecule has 0 unspecified atom stereocenters. The second kappa shape index (κ2) is 7.13. The minimum Gasteiger partial charge on any atom is -0.466 e. The topological polar surface area (TPSA) is 68.3 Å². The van der Waals surface area contributed by atoms with Crippen LogP contribution in [0.4, 0.5) is 9.52 Å². The summed E-state index contributed by atoms with van der Waals surface area (Å²) in [6.45, 7) is 3.64. The van der Waals surface area contributed by atoms with E-state index in [-0.39, 0.29) is 24.1 Å². The molecule has 0 atom stereocenters. The molecule has 0 spiro atoms. The van der Waals surface area contributed by atoms with E-state index >= 15 is 0 Å². The normalized spacial score (nSPS) is 10.3. The van der Waals surface area contributed by atoms with Crippen LogP contribution in [0.2, 0.25) is 0 Å². The first-order chi connectivity index (χ1) is 10.5. The number of halogens is 1. The number of benzene rings is 1. The molecule has 1 aromatic carbocycles. The number of thiazole rings is 1. The Morgan fingerprint density at radius 1 is 1.41 bits per heavy atom. The Hall–Kier alpha value is -2.28. The van der Waals surface area contributed by atoms with E-state index in [4.69, 9.17) is 4.74 Å². The summed E-state index contributed by atoms with van der Waals surface area (Å²) in [5.74, 6) is -1.09. The number of nitrogens with one attached hydrogen (secondary N) is 1. The number of ether oxygens (including phenoxy) is 1. The minimum absolute atomic E-state index is 0.0653. The Balaban J connectivity index is 2.01. The summed E-state index contributed by atoms with van der Waals surface area (Å²) >= 11 is 1.22. The lowest BCUT2D eigenvalue weighted by molar-refractivity contribution is -0.142. The summed E-state index contributed by atoms with van der Waals surface area (Å²) in [4.78, 5) is 27.6. The Labute approximate surface area is 131 Å². The molecule has 1 heterocycles. The van der Waals surface area contributed by atoms with Crippen LogP contribution in [0.15, 0.2) is 23.6 Å². The molecule has 1 amide bonds. The maximum Gasteiger partial charge on any atom is 0.311 e. The average Bonchev–Trinajstić information content (AvgIpc) is 2.89. The fourth-order valence-corrected chi connectivity index (χ4v) is 2.47. The third-order valence-corrected chi connectivity index (χ3v) is 3.63. The molecule has 0 fully saturated rings. The lowest BCUT2D eigenvalue weighted by Crippen LogP contribution is -2.12. The number of esters is 1. The first-order valence-electron chi connectivity index (χ1n) is 6.67. The largest absolute Gasteiger partial charge is 0.466 e. The van der Waals surface area contributed by atoms with Gasteiger partial charge in [0.25, 0.3) is 5.91 Å². The summed E-state index contributed by atoms with van der Waals surface area (Å²) in [6, 6.07) is 4.13. The van der Waals surface area contributed by atoms with Crippen LogP contribution in [0.5, 0.6) is 0 Å². The summed E-state index contributed by atoms with van der Waals surface area (Å²) in [7, 11) is 0. The van der Waals surface area contributed by atoms with Gasteiger partial charge >= 0.3 is 5.97 Å². The quantitative estimate of drug-likeness (QED) is 0.859. The number of carbonyl (C=O) groups is 2. The number of carbonyl (C=O) groups excluding carboxylic acids is 2. The van der Waals surface area contributed by atoms with Gasteiger partial charge in [0.05, 0.1) is 18.7 Å². The number of nitrogens with zero attached hydrogens (tertiary/aromatic N) is 1. The molecule has 22 heavy (non-hydrogen) atoms. The van der Waals surface area contributed by atoms with Crippen molar-refractivity contribution in [2.75, 3.05) is 11.9 Å². The SMILES string of the molecule is CCOC(=O)Cc1csc(NC(=O)c2ccc(F)c(C)c2)n1. The van der Waals surface area contributed by atoms with Crippen LogP contribution in [0.1, 0.15) is 28.5 Å². The van der Waals surface area contributed by atoms with Gasteiger partial charge in [0.15, 0.2) is 5.13 Å². The highest BCUT2D eigenvalue weighted by Crippen LogP contribution is 2.18. The van der Waals surface area contributed by atoms with Gasteiger partial charge in [-0.3, -0.25) is 14.9 Å². The summed E-state index contributed by atoms with van der Waals surface area (Å²) in [6.07, 6.45) is 0.0653. The highest BCUT2D eigenvalue weighted by molar-refractivity contribution is 7.14. The van der Waals surface area contributed by atoms with Crippen LogP contribution in [0, 0.1) is 12.7 Å². The molecule has 0 radical (unpaired) electrons. The van der Waals surface area contributed by atoms with Gasteiger partial charge in [0.2, 0.25) is 0 Å². The molecule has 0 aliphatic heterocycles. The number of rotatable bonds is 5. The monoisotopic (exact) mass is 322 g/mol.